The lowest BCUT2D eigenvalue weighted by Crippen LogP contribution is -2.82. The standard InChI is InChI=1S/C59H78N4O14Si2/c1-15-79(16-2,17-3)76-43-32-44-58(34-71-44,75-37(6)65)49-51(74-53(68)40-29-24-30-41(31-40)62-63-60)59(70)33-42(35(4)45(56(59,10)11)47(72-36(5)64)50(66)57(43,49)12)73-54(69)48(77-78(13,14)55(7,8)9)46(38-25-20-18-21-26-38)61-52(67)39-27-22-19-23-28-39/h18-31,42-44,46-49,51,70H,15-17,32-34H2,1-14H3,(H,61,67)/t42-,43-,44+,46-,47+,48+,49-,51-,57+,58-,59+/m0/s1. The van der Waals surface area contributed by atoms with Crippen molar-refractivity contribution in [1.82, 2.24) is 5.32 Å². The Morgan fingerprint density at radius 2 is 1.48 bits per heavy atom. The number of nitrogens with zero attached hydrogens (tertiary/aromatic N) is 3. The van der Waals surface area contributed by atoms with Gasteiger partial charge >= 0.3 is 23.9 Å². The van der Waals surface area contributed by atoms with Gasteiger partial charge in [-0.2, -0.15) is 0 Å². The summed E-state index contributed by atoms with van der Waals surface area (Å²) in [5, 5.41) is 20.8. The van der Waals surface area contributed by atoms with Crippen LogP contribution in [0, 0.1) is 16.7 Å². The van der Waals surface area contributed by atoms with Crippen LogP contribution in [0.3, 0.4) is 0 Å². The number of aliphatic hydroxyl groups is 1. The van der Waals surface area contributed by atoms with Crippen molar-refractivity contribution in [3.05, 3.63) is 123 Å². The van der Waals surface area contributed by atoms with E-state index in [1.165, 1.54) is 38.1 Å². The van der Waals surface area contributed by atoms with Crippen LogP contribution in [0.1, 0.15) is 128 Å². The van der Waals surface area contributed by atoms with Crippen molar-refractivity contribution in [2.75, 3.05) is 6.61 Å². The lowest BCUT2D eigenvalue weighted by molar-refractivity contribution is -0.344. The van der Waals surface area contributed by atoms with Crippen LogP contribution in [0.5, 0.6) is 0 Å². The summed E-state index contributed by atoms with van der Waals surface area (Å²) in [5.74, 6) is -6.20. The first-order valence-corrected chi connectivity index (χ1v) is 32.7. The molecule has 3 aliphatic carbocycles. The number of Topliss-reactive ketones (excluding diaryl/α,β-unsaturated/α-hetero) is 1. The van der Waals surface area contributed by atoms with Crippen LogP contribution in [0.25, 0.3) is 10.4 Å². The minimum Gasteiger partial charge on any atom is -0.456 e. The minimum atomic E-state index is -2.98. The second kappa shape index (κ2) is 22.9. The summed E-state index contributed by atoms with van der Waals surface area (Å²) < 4.78 is 47.0. The number of hydrogen-bond donors (Lipinski definition) is 2. The second-order valence-corrected chi connectivity index (χ2v) is 33.4. The van der Waals surface area contributed by atoms with Gasteiger partial charge in [-0.05, 0) is 96.6 Å². The van der Waals surface area contributed by atoms with Crippen molar-refractivity contribution in [2.45, 2.75) is 186 Å². The highest BCUT2D eigenvalue weighted by molar-refractivity contribution is 6.74. The van der Waals surface area contributed by atoms with E-state index in [2.05, 4.69) is 15.3 Å². The third-order valence-corrected chi connectivity index (χ3v) is 27.3. The van der Waals surface area contributed by atoms with Gasteiger partial charge in [0.1, 0.15) is 23.9 Å². The summed E-state index contributed by atoms with van der Waals surface area (Å²) in [6.45, 7) is 24.7. The van der Waals surface area contributed by atoms with E-state index in [0.717, 1.165) is 0 Å². The van der Waals surface area contributed by atoms with Crippen LogP contribution >= 0.6 is 0 Å². The SMILES string of the molecule is CC[Si](CC)(CC)O[C@H]1C[C@H]2OC[C@@]2(OC(C)=O)[C@H]2[C@H](OC(=O)c3cccc(N=[N+]=[N-])c3)[C@]3(O)C[C@H](OC(=O)[C@H](O[Si](C)(C)C(C)(C)C)[C@@H](NC(=O)c4ccccc4)c4ccccc4)C(C)=C([C@@H](OC(C)=O)C(=O)[C@]12C)C3(C)C. The largest absolute Gasteiger partial charge is 0.456 e. The molecular formula is C59H78N4O14Si2. The Bertz CT molecular complexity index is 2890. The number of esters is 4. The molecule has 1 saturated heterocycles. The number of azide groups is 1. The molecule has 2 N–H and O–H groups in total. The van der Waals surface area contributed by atoms with E-state index in [9.17, 15) is 25.0 Å². The van der Waals surface area contributed by atoms with Crippen molar-refractivity contribution < 1.29 is 66.4 Å². The van der Waals surface area contributed by atoms with Crippen molar-refractivity contribution in [3.8, 4) is 0 Å². The third-order valence-electron chi connectivity index (χ3n) is 18.2. The van der Waals surface area contributed by atoms with E-state index in [1.807, 2.05) is 54.6 Å². The maximum Gasteiger partial charge on any atom is 0.338 e. The third kappa shape index (κ3) is 11.1. The molecule has 1 amide bonds. The molecule has 4 aliphatic rings. The Balaban J connectivity index is 1.51. The van der Waals surface area contributed by atoms with Crippen LogP contribution in [-0.2, 0) is 51.7 Å². The number of benzene rings is 3. The number of rotatable bonds is 18. The van der Waals surface area contributed by atoms with Gasteiger partial charge in [0.05, 0.1) is 35.6 Å². The number of fused-ring (bicyclic) bond motifs is 5. The Labute approximate surface area is 465 Å². The molecule has 1 aliphatic heterocycles. The molecule has 7 rings (SSSR count). The Morgan fingerprint density at radius 3 is 2.03 bits per heavy atom. The summed E-state index contributed by atoms with van der Waals surface area (Å²) >= 11 is 0. The first kappa shape index (κ1) is 60.6. The first-order chi connectivity index (χ1) is 37.0. The fraction of sp³-hybridized carbons (Fsp3) is 0.559. The summed E-state index contributed by atoms with van der Waals surface area (Å²) in [6.07, 6.45) is -9.04. The molecular weight excluding hydrogens is 1040 g/mol. The number of ketones is 1. The topological polar surface area (TPSA) is 248 Å². The highest BCUT2D eigenvalue weighted by Gasteiger charge is 2.79. The summed E-state index contributed by atoms with van der Waals surface area (Å²) in [5.41, 5.74) is 2.77. The zero-order chi connectivity index (χ0) is 58.3. The molecule has 2 saturated carbocycles. The summed E-state index contributed by atoms with van der Waals surface area (Å²) in [4.78, 5) is 92.0. The van der Waals surface area contributed by atoms with Crippen molar-refractivity contribution in [2.24, 2.45) is 21.9 Å². The number of carbonyl (C=O) groups is 6. The van der Waals surface area contributed by atoms with Crippen molar-refractivity contribution >= 4 is 57.9 Å². The number of carbonyl (C=O) groups excluding carboxylic acids is 6. The molecule has 3 aromatic rings. The van der Waals surface area contributed by atoms with Gasteiger partial charge in [-0.15, -0.1) is 0 Å². The van der Waals surface area contributed by atoms with Gasteiger partial charge in [0.2, 0.25) is 0 Å². The molecule has 3 aromatic carbocycles. The lowest BCUT2D eigenvalue weighted by atomic mass is 9.44. The smallest absolute Gasteiger partial charge is 0.338 e. The van der Waals surface area contributed by atoms with Gasteiger partial charge in [0.25, 0.3) is 5.91 Å². The maximum atomic E-state index is 16.7. The van der Waals surface area contributed by atoms with Crippen LogP contribution in [0.4, 0.5) is 5.69 Å². The average molecular weight is 1120 g/mol. The normalized spacial score (nSPS) is 28.1. The fourth-order valence-corrected chi connectivity index (χ4v) is 16.6. The van der Waals surface area contributed by atoms with Gasteiger partial charge < -0.3 is 43.0 Å². The fourth-order valence-electron chi connectivity index (χ4n) is 12.4. The Hall–Kier alpha value is -6.00. The van der Waals surface area contributed by atoms with E-state index in [4.69, 9.17) is 32.5 Å². The highest BCUT2D eigenvalue weighted by atomic mass is 28.4. The molecule has 79 heavy (non-hydrogen) atoms. The summed E-state index contributed by atoms with van der Waals surface area (Å²) in [7, 11) is -5.68. The molecule has 1 heterocycles. The van der Waals surface area contributed by atoms with Crippen molar-refractivity contribution in [3.63, 3.8) is 0 Å². The summed E-state index contributed by atoms with van der Waals surface area (Å²) in [6, 6.07) is 24.0. The van der Waals surface area contributed by atoms with Gasteiger partial charge in [-0.25, -0.2) is 9.59 Å². The molecule has 2 bridgehead atoms. The number of ether oxygens (including phenoxy) is 5. The van der Waals surface area contributed by atoms with E-state index in [-0.39, 0.29) is 35.4 Å². The number of amides is 1. The van der Waals surface area contributed by atoms with E-state index >= 15 is 14.4 Å². The predicted octanol–water partition coefficient (Wildman–Crippen LogP) is 10.7. The zero-order valence-corrected chi connectivity index (χ0v) is 50.0. The molecule has 3 fully saturated rings. The number of hydrogen-bond acceptors (Lipinski definition) is 15. The molecule has 20 heteroatoms. The van der Waals surface area contributed by atoms with Gasteiger partial charge in [-0.1, -0.05) is 121 Å². The van der Waals surface area contributed by atoms with Crippen LogP contribution in [-0.4, -0.2) is 112 Å². The van der Waals surface area contributed by atoms with Crippen LogP contribution in [0.15, 0.2) is 101 Å². The van der Waals surface area contributed by atoms with Crippen molar-refractivity contribution in [1.29, 1.82) is 0 Å². The van der Waals surface area contributed by atoms with Crippen LogP contribution in [0.2, 0.25) is 36.3 Å². The molecule has 426 valence electrons. The molecule has 0 unspecified atom stereocenters. The van der Waals surface area contributed by atoms with Crippen LogP contribution < -0.4 is 5.32 Å². The maximum absolute atomic E-state index is 16.7. The number of nitrogens with one attached hydrogen (secondary N) is 1. The monoisotopic (exact) mass is 1120 g/mol. The molecule has 0 aromatic heterocycles. The molecule has 11 atom stereocenters. The van der Waals surface area contributed by atoms with Gasteiger partial charge in [0, 0.05) is 48.3 Å². The van der Waals surface area contributed by atoms with E-state index in [1.54, 1.807) is 88.4 Å². The quantitative estimate of drug-likeness (QED) is 0.0229. The van der Waals surface area contributed by atoms with E-state index < -0.39 is 134 Å². The lowest BCUT2D eigenvalue weighted by Gasteiger charge is -2.68. The molecule has 0 spiro atoms. The van der Waals surface area contributed by atoms with Gasteiger partial charge in [-0.3, -0.25) is 19.2 Å². The molecule has 0 radical (unpaired) electrons. The minimum absolute atomic E-state index is 0.0432. The highest BCUT2D eigenvalue weighted by Crippen LogP contribution is 2.65. The Morgan fingerprint density at radius 1 is 0.873 bits per heavy atom. The average Bonchev–Trinajstić information content (AvgIpc) is 1.55. The Kier molecular flexibility index (Phi) is 17.6. The second-order valence-electron chi connectivity index (χ2n) is 23.9. The van der Waals surface area contributed by atoms with E-state index in [0.29, 0.717) is 29.3 Å². The zero-order valence-electron chi connectivity index (χ0n) is 48.0. The predicted molar refractivity (Wildman–Crippen MR) is 299 cm³/mol. The molecule has 18 nitrogen and oxygen atoms in total. The first-order valence-electron chi connectivity index (χ1n) is 27.3. The van der Waals surface area contributed by atoms with Gasteiger partial charge in [0.15, 0.2) is 40.2 Å².